The summed E-state index contributed by atoms with van der Waals surface area (Å²) in [5.74, 6) is 0.773. The van der Waals surface area contributed by atoms with E-state index in [2.05, 4.69) is 43.2 Å². The highest BCUT2D eigenvalue weighted by molar-refractivity contribution is 5.99. The molecule has 1 aliphatic carbocycles. The molecule has 0 unspecified atom stereocenters. The van der Waals surface area contributed by atoms with Gasteiger partial charge in [-0.15, -0.1) is 0 Å². The van der Waals surface area contributed by atoms with E-state index in [0.29, 0.717) is 0 Å². The molecule has 0 saturated heterocycles. The van der Waals surface area contributed by atoms with E-state index in [1.54, 1.807) is 0 Å². The number of benzene rings is 1. The zero-order valence-electron chi connectivity index (χ0n) is 13.8. The number of carbonyl (C=O) groups excluding carboxylic acids is 1. The number of H-pyrrole nitrogens is 1. The first-order valence-electron chi connectivity index (χ1n) is 8.52. The lowest BCUT2D eigenvalue weighted by molar-refractivity contribution is 0.0938. The molecule has 3 nitrogen and oxygen atoms in total. The van der Waals surface area contributed by atoms with Crippen LogP contribution in [0.1, 0.15) is 61.6 Å². The Morgan fingerprint density at radius 3 is 3.05 bits per heavy atom. The van der Waals surface area contributed by atoms with Crippen LogP contribution < -0.4 is 5.32 Å². The predicted molar refractivity (Wildman–Crippen MR) is 91.3 cm³/mol. The van der Waals surface area contributed by atoms with Crippen molar-refractivity contribution in [2.75, 3.05) is 0 Å². The molecule has 0 aliphatic heterocycles. The number of aryl methyl sites for hydroxylation is 1. The molecule has 118 valence electrons. The monoisotopic (exact) mass is 298 g/mol. The van der Waals surface area contributed by atoms with E-state index in [1.165, 1.54) is 23.1 Å². The Labute approximate surface area is 132 Å². The van der Waals surface area contributed by atoms with Crippen molar-refractivity contribution in [3.8, 4) is 0 Å². The van der Waals surface area contributed by atoms with Crippen LogP contribution in [0.4, 0.5) is 0 Å². The third-order valence-corrected chi connectivity index (χ3v) is 4.80. The normalized spacial score (nSPS) is 19.0. The minimum Gasteiger partial charge on any atom is -0.358 e. The number of rotatable bonds is 4. The fraction of sp³-hybridized carbons (Fsp3) is 0.526. The van der Waals surface area contributed by atoms with E-state index >= 15 is 0 Å². The van der Waals surface area contributed by atoms with Gasteiger partial charge in [0.05, 0.1) is 0 Å². The molecule has 2 aromatic rings. The zero-order valence-corrected chi connectivity index (χ0v) is 13.8. The van der Waals surface area contributed by atoms with E-state index in [-0.39, 0.29) is 11.9 Å². The highest BCUT2D eigenvalue weighted by atomic mass is 16.1. The Bertz CT molecular complexity index is 686. The summed E-state index contributed by atoms with van der Waals surface area (Å²) in [5.41, 5.74) is 4.72. The summed E-state index contributed by atoms with van der Waals surface area (Å²) in [6, 6.07) is 6.28. The van der Waals surface area contributed by atoms with Gasteiger partial charge >= 0.3 is 0 Å². The largest absolute Gasteiger partial charge is 0.358 e. The third-order valence-electron chi connectivity index (χ3n) is 4.80. The van der Waals surface area contributed by atoms with Gasteiger partial charge in [-0.05, 0) is 62.3 Å². The third kappa shape index (κ3) is 2.90. The van der Waals surface area contributed by atoms with Gasteiger partial charge in [0, 0.05) is 28.2 Å². The molecule has 1 aliphatic rings. The molecule has 22 heavy (non-hydrogen) atoms. The highest BCUT2D eigenvalue weighted by Crippen LogP contribution is 2.32. The van der Waals surface area contributed by atoms with E-state index in [0.717, 1.165) is 42.7 Å². The molecule has 1 aromatic heterocycles. The summed E-state index contributed by atoms with van der Waals surface area (Å²) in [7, 11) is 0. The number of nitrogens with one attached hydrogen (secondary N) is 2. The van der Waals surface area contributed by atoms with Crippen molar-refractivity contribution in [1.82, 2.24) is 10.3 Å². The minimum absolute atomic E-state index is 0.0432. The highest BCUT2D eigenvalue weighted by Gasteiger charge is 2.20. The van der Waals surface area contributed by atoms with Gasteiger partial charge in [0.15, 0.2) is 0 Å². The maximum atomic E-state index is 12.4. The van der Waals surface area contributed by atoms with Crippen molar-refractivity contribution in [2.24, 2.45) is 5.92 Å². The molecule has 2 N–H and O–H groups in total. The molecule has 3 heteroatoms. The summed E-state index contributed by atoms with van der Waals surface area (Å²) < 4.78 is 0. The fourth-order valence-corrected chi connectivity index (χ4v) is 3.54. The maximum Gasteiger partial charge on any atom is 0.251 e. The van der Waals surface area contributed by atoms with Gasteiger partial charge in [-0.2, -0.15) is 0 Å². The molecule has 1 amide bonds. The van der Waals surface area contributed by atoms with Crippen molar-refractivity contribution in [2.45, 2.75) is 58.9 Å². The number of aromatic nitrogens is 1. The summed E-state index contributed by atoms with van der Waals surface area (Å²) in [6.45, 7) is 6.52. The molecule has 0 saturated carbocycles. The van der Waals surface area contributed by atoms with Gasteiger partial charge < -0.3 is 10.3 Å². The molecule has 0 spiro atoms. The quantitative estimate of drug-likeness (QED) is 0.872. The van der Waals surface area contributed by atoms with Gasteiger partial charge in [-0.1, -0.05) is 20.3 Å². The maximum absolute atomic E-state index is 12.4. The van der Waals surface area contributed by atoms with E-state index < -0.39 is 0 Å². The first-order valence-corrected chi connectivity index (χ1v) is 8.52. The standard InChI is InChI=1S/C19H26N2O/c1-4-5-13(3)20-19(22)14-7-9-18-16(11-14)15-10-12(2)6-8-17(15)21-18/h7,9,11-13,21H,4-6,8,10H2,1-3H3,(H,20,22)/t12-,13-/m0/s1. The van der Waals surface area contributed by atoms with Gasteiger partial charge in [-0.25, -0.2) is 0 Å². The van der Waals surface area contributed by atoms with Crippen LogP contribution in [-0.2, 0) is 12.8 Å². The second kappa shape index (κ2) is 6.15. The van der Waals surface area contributed by atoms with Crippen molar-refractivity contribution < 1.29 is 4.79 Å². The Balaban J connectivity index is 1.89. The summed E-state index contributed by atoms with van der Waals surface area (Å²) in [4.78, 5) is 15.9. The van der Waals surface area contributed by atoms with Crippen LogP contribution >= 0.6 is 0 Å². The van der Waals surface area contributed by atoms with E-state index in [9.17, 15) is 4.79 Å². The van der Waals surface area contributed by atoms with Crippen molar-refractivity contribution in [1.29, 1.82) is 0 Å². The fourth-order valence-electron chi connectivity index (χ4n) is 3.54. The van der Waals surface area contributed by atoms with Crippen LogP contribution in [-0.4, -0.2) is 16.9 Å². The first-order chi connectivity index (χ1) is 10.6. The Morgan fingerprint density at radius 2 is 2.27 bits per heavy atom. The average molecular weight is 298 g/mol. The first kappa shape index (κ1) is 15.1. The SMILES string of the molecule is CCC[C@H](C)NC(=O)c1ccc2[nH]c3c(c2c1)C[C@@H](C)CC3. The topological polar surface area (TPSA) is 44.9 Å². The minimum atomic E-state index is 0.0432. The van der Waals surface area contributed by atoms with Crippen molar-refractivity contribution >= 4 is 16.8 Å². The van der Waals surface area contributed by atoms with Gasteiger partial charge in [0.25, 0.3) is 5.91 Å². The molecule has 0 fully saturated rings. The lowest BCUT2D eigenvalue weighted by Gasteiger charge is -2.18. The number of aromatic amines is 1. The van der Waals surface area contributed by atoms with Gasteiger partial charge in [0.1, 0.15) is 0 Å². The predicted octanol–water partition coefficient (Wildman–Crippen LogP) is 4.21. The number of hydrogen-bond acceptors (Lipinski definition) is 1. The van der Waals surface area contributed by atoms with Gasteiger partial charge in [-0.3, -0.25) is 4.79 Å². The molecule has 2 atom stereocenters. The molecular formula is C19H26N2O. The molecule has 1 aromatic carbocycles. The average Bonchev–Trinajstić information content (AvgIpc) is 2.84. The van der Waals surface area contributed by atoms with Crippen molar-refractivity contribution in [3.63, 3.8) is 0 Å². The van der Waals surface area contributed by atoms with Crippen molar-refractivity contribution in [3.05, 3.63) is 35.0 Å². The lowest BCUT2D eigenvalue weighted by atomic mass is 9.87. The van der Waals surface area contributed by atoms with Crippen LogP contribution in [0.2, 0.25) is 0 Å². The van der Waals surface area contributed by atoms with E-state index in [4.69, 9.17) is 0 Å². The van der Waals surface area contributed by atoms with Crippen LogP contribution in [0.15, 0.2) is 18.2 Å². The van der Waals surface area contributed by atoms with Crippen LogP contribution in [0.3, 0.4) is 0 Å². The Hall–Kier alpha value is -1.77. The van der Waals surface area contributed by atoms with Gasteiger partial charge in [0.2, 0.25) is 0 Å². The number of amides is 1. The molecule has 3 rings (SSSR count). The zero-order chi connectivity index (χ0) is 15.7. The van der Waals surface area contributed by atoms with Crippen LogP contribution in [0.5, 0.6) is 0 Å². The lowest BCUT2D eigenvalue weighted by Crippen LogP contribution is -2.32. The number of hydrogen-bond donors (Lipinski definition) is 2. The summed E-state index contributed by atoms with van der Waals surface area (Å²) in [6.07, 6.45) is 5.60. The second-order valence-corrected chi connectivity index (χ2v) is 6.85. The Morgan fingerprint density at radius 1 is 1.45 bits per heavy atom. The second-order valence-electron chi connectivity index (χ2n) is 6.85. The molecular weight excluding hydrogens is 272 g/mol. The summed E-state index contributed by atoms with van der Waals surface area (Å²) >= 11 is 0. The number of fused-ring (bicyclic) bond motifs is 3. The Kier molecular flexibility index (Phi) is 4.23. The van der Waals surface area contributed by atoms with E-state index in [1.807, 2.05) is 6.07 Å². The smallest absolute Gasteiger partial charge is 0.251 e. The van der Waals surface area contributed by atoms with Crippen LogP contribution in [0, 0.1) is 5.92 Å². The molecule has 1 heterocycles. The molecule has 0 bridgehead atoms. The summed E-state index contributed by atoms with van der Waals surface area (Å²) in [5, 5.41) is 4.33. The van der Waals surface area contributed by atoms with Crippen LogP contribution in [0.25, 0.3) is 10.9 Å². The molecule has 0 radical (unpaired) electrons. The number of carbonyl (C=O) groups is 1.